The van der Waals surface area contributed by atoms with E-state index in [2.05, 4.69) is 4.90 Å². The zero-order valence-electron chi connectivity index (χ0n) is 15.0. The van der Waals surface area contributed by atoms with E-state index in [1.807, 2.05) is 12.1 Å². The number of benzene rings is 1. The Kier molecular flexibility index (Phi) is 4.83. The second-order valence-electron chi connectivity index (χ2n) is 7.34. The first-order valence-electron chi connectivity index (χ1n) is 8.64. The van der Waals surface area contributed by atoms with Gasteiger partial charge in [-0.3, -0.25) is 14.5 Å². The van der Waals surface area contributed by atoms with Gasteiger partial charge in [0, 0.05) is 39.4 Å². The number of piperidine rings is 1. The fourth-order valence-corrected chi connectivity index (χ4v) is 4.81. The van der Waals surface area contributed by atoms with Crippen LogP contribution in [0.3, 0.4) is 0 Å². The lowest BCUT2D eigenvalue weighted by Crippen LogP contribution is -2.55. The van der Waals surface area contributed by atoms with E-state index in [1.165, 1.54) is 6.26 Å². The van der Waals surface area contributed by atoms with Crippen molar-refractivity contribution in [3.63, 3.8) is 0 Å². The zero-order chi connectivity index (χ0) is 19.1. The summed E-state index contributed by atoms with van der Waals surface area (Å²) >= 11 is 0. The summed E-state index contributed by atoms with van der Waals surface area (Å²) in [6, 6.07) is 6.85. The van der Waals surface area contributed by atoms with Crippen molar-refractivity contribution in [1.82, 2.24) is 9.80 Å². The number of nitrogens with zero attached hydrogens (tertiary/aromatic N) is 2. The number of carbonyl (C=O) groups excluding carboxylic acids is 1. The lowest BCUT2D eigenvalue weighted by atomic mass is 9.77. The molecule has 3 rings (SSSR count). The molecule has 0 aliphatic carbocycles. The maximum absolute atomic E-state index is 12.0. The third kappa shape index (κ3) is 3.35. The van der Waals surface area contributed by atoms with Gasteiger partial charge in [-0.1, -0.05) is 12.1 Å². The molecule has 26 heavy (non-hydrogen) atoms. The molecule has 1 spiro atoms. The Morgan fingerprint density at radius 1 is 1.23 bits per heavy atom. The molecular formula is C18H24N2O5S. The van der Waals surface area contributed by atoms with E-state index in [0.29, 0.717) is 37.4 Å². The summed E-state index contributed by atoms with van der Waals surface area (Å²) in [5.41, 5.74) is 0.429. The summed E-state index contributed by atoms with van der Waals surface area (Å²) < 4.78 is 23.1. The van der Waals surface area contributed by atoms with E-state index in [4.69, 9.17) is 0 Å². The van der Waals surface area contributed by atoms with E-state index in [-0.39, 0.29) is 12.3 Å². The van der Waals surface area contributed by atoms with Crippen LogP contribution in [0.2, 0.25) is 0 Å². The van der Waals surface area contributed by atoms with E-state index >= 15 is 0 Å². The number of carbonyl (C=O) groups is 2. The Hall–Kier alpha value is -1.93. The molecule has 142 valence electrons. The normalized spacial score (nSPS) is 23.5. The second-order valence-corrected chi connectivity index (χ2v) is 9.36. The number of aliphatic carboxylic acids is 1. The molecule has 2 heterocycles. The van der Waals surface area contributed by atoms with Gasteiger partial charge in [-0.2, -0.15) is 0 Å². The average Bonchev–Trinajstić information content (AvgIpc) is 2.82. The van der Waals surface area contributed by atoms with Crippen LogP contribution in [0.1, 0.15) is 24.8 Å². The largest absolute Gasteiger partial charge is 0.481 e. The molecule has 8 heteroatoms. The van der Waals surface area contributed by atoms with E-state index < -0.39 is 27.3 Å². The fourth-order valence-electron chi connectivity index (χ4n) is 4.18. The Morgan fingerprint density at radius 2 is 1.81 bits per heavy atom. The van der Waals surface area contributed by atoms with Crippen molar-refractivity contribution in [2.45, 2.75) is 36.2 Å². The van der Waals surface area contributed by atoms with Gasteiger partial charge in [0.2, 0.25) is 5.91 Å². The quantitative estimate of drug-likeness (QED) is 0.837. The topological polar surface area (TPSA) is 95.0 Å². The molecule has 1 N–H and O–H groups in total. The van der Waals surface area contributed by atoms with Crippen LogP contribution in [0, 0.1) is 5.92 Å². The highest BCUT2D eigenvalue weighted by molar-refractivity contribution is 7.90. The van der Waals surface area contributed by atoms with Gasteiger partial charge in [0.25, 0.3) is 0 Å². The highest BCUT2D eigenvalue weighted by Gasteiger charge is 2.55. The predicted octanol–water partition coefficient (Wildman–Crippen LogP) is 0.988. The van der Waals surface area contributed by atoms with Gasteiger partial charge < -0.3 is 10.0 Å². The van der Waals surface area contributed by atoms with Gasteiger partial charge in [0.05, 0.1) is 16.4 Å². The molecule has 0 radical (unpaired) electrons. The van der Waals surface area contributed by atoms with Gasteiger partial charge in [0.15, 0.2) is 9.84 Å². The monoisotopic (exact) mass is 380 g/mol. The molecule has 1 amide bonds. The van der Waals surface area contributed by atoms with E-state index in [0.717, 1.165) is 5.56 Å². The zero-order valence-corrected chi connectivity index (χ0v) is 15.8. The summed E-state index contributed by atoms with van der Waals surface area (Å²) in [6.07, 6.45) is 2.53. The van der Waals surface area contributed by atoms with Crippen LogP contribution in [0.4, 0.5) is 0 Å². The average molecular weight is 380 g/mol. The number of carboxylic acids is 1. The van der Waals surface area contributed by atoms with Crippen molar-refractivity contribution < 1.29 is 23.1 Å². The summed E-state index contributed by atoms with van der Waals surface area (Å²) in [6.45, 7) is 2.08. The molecule has 7 nitrogen and oxygen atoms in total. The minimum Gasteiger partial charge on any atom is -0.481 e. The SMILES string of the molecule is CN1C(=O)C[C@H](C(=O)O)C12CCN(Cc1ccc(S(C)(=O)=O)cc1)CC2. The van der Waals surface area contributed by atoms with Crippen LogP contribution in [0.25, 0.3) is 0 Å². The van der Waals surface area contributed by atoms with Crippen molar-refractivity contribution in [2.75, 3.05) is 26.4 Å². The molecule has 1 aromatic rings. The van der Waals surface area contributed by atoms with Crippen molar-refractivity contribution in [3.05, 3.63) is 29.8 Å². The number of carboxylic acid groups (broad SMARTS) is 1. The second kappa shape index (κ2) is 6.66. The molecule has 2 aliphatic heterocycles. The van der Waals surface area contributed by atoms with Gasteiger partial charge in [-0.15, -0.1) is 0 Å². The van der Waals surface area contributed by atoms with Gasteiger partial charge >= 0.3 is 5.97 Å². The standard InChI is InChI=1S/C18H24N2O5S/c1-19-16(21)11-15(17(22)23)18(19)7-9-20(10-8-18)12-13-3-5-14(6-4-13)26(2,24)25/h3-6,15H,7-12H2,1-2H3,(H,22,23)/t15-/m1/s1. The molecule has 1 atom stereocenters. The summed E-state index contributed by atoms with van der Waals surface area (Å²) in [5, 5.41) is 9.52. The number of rotatable bonds is 4. The fraction of sp³-hybridized carbons (Fsp3) is 0.556. The molecule has 2 fully saturated rings. The van der Waals surface area contributed by atoms with Crippen LogP contribution >= 0.6 is 0 Å². The Morgan fingerprint density at radius 3 is 2.31 bits per heavy atom. The molecule has 0 saturated carbocycles. The van der Waals surface area contributed by atoms with Crippen molar-refractivity contribution in [1.29, 1.82) is 0 Å². The number of hydrogen-bond donors (Lipinski definition) is 1. The minimum atomic E-state index is -3.20. The highest BCUT2D eigenvalue weighted by Crippen LogP contribution is 2.43. The number of amides is 1. The lowest BCUT2D eigenvalue weighted by Gasteiger charge is -2.45. The first-order valence-corrected chi connectivity index (χ1v) is 10.5. The smallest absolute Gasteiger partial charge is 0.309 e. The maximum atomic E-state index is 12.0. The van der Waals surface area contributed by atoms with Crippen molar-refractivity contribution in [2.24, 2.45) is 5.92 Å². The van der Waals surface area contributed by atoms with Crippen LogP contribution in [0.15, 0.2) is 29.2 Å². The Balaban J connectivity index is 1.67. The summed E-state index contributed by atoms with van der Waals surface area (Å²) in [5.74, 6) is -1.63. The lowest BCUT2D eigenvalue weighted by molar-refractivity contribution is -0.146. The van der Waals surface area contributed by atoms with Crippen LogP contribution in [-0.4, -0.2) is 67.1 Å². The molecule has 0 unspecified atom stereocenters. The Labute approximate surface area is 153 Å². The molecule has 0 aromatic heterocycles. The van der Waals surface area contributed by atoms with Crippen LogP contribution < -0.4 is 0 Å². The third-order valence-electron chi connectivity index (χ3n) is 5.85. The number of likely N-dealkylation sites (tertiary alicyclic amines) is 2. The summed E-state index contributed by atoms with van der Waals surface area (Å²) in [4.78, 5) is 27.8. The molecule has 1 aromatic carbocycles. The van der Waals surface area contributed by atoms with Crippen molar-refractivity contribution in [3.8, 4) is 0 Å². The first kappa shape index (κ1) is 18.8. The highest BCUT2D eigenvalue weighted by atomic mass is 32.2. The third-order valence-corrected chi connectivity index (χ3v) is 6.98. The van der Waals surface area contributed by atoms with Gasteiger partial charge in [-0.05, 0) is 30.5 Å². The van der Waals surface area contributed by atoms with E-state index in [9.17, 15) is 23.1 Å². The van der Waals surface area contributed by atoms with Crippen molar-refractivity contribution >= 4 is 21.7 Å². The maximum Gasteiger partial charge on any atom is 0.309 e. The molecule has 2 aliphatic rings. The first-order chi connectivity index (χ1) is 12.1. The minimum absolute atomic E-state index is 0.0821. The number of hydrogen-bond acceptors (Lipinski definition) is 5. The molecule has 2 saturated heterocycles. The van der Waals surface area contributed by atoms with Crippen LogP contribution in [0.5, 0.6) is 0 Å². The molecule has 0 bridgehead atoms. The number of sulfone groups is 1. The molecular weight excluding hydrogens is 356 g/mol. The van der Waals surface area contributed by atoms with Crippen LogP contribution in [-0.2, 0) is 26.0 Å². The van der Waals surface area contributed by atoms with Gasteiger partial charge in [-0.25, -0.2) is 8.42 Å². The van der Waals surface area contributed by atoms with Gasteiger partial charge in [0.1, 0.15) is 0 Å². The summed E-state index contributed by atoms with van der Waals surface area (Å²) in [7, 11) is -1.49. The Bertz CT molecular complexity index is 810. The predicted molar refractivity (Wildman–Crippen MR) is 95.3 cm³/mol. The van der Waals surface area contributed by atoms with E-state index in [1.54, 1.807) is 24.1 Å².